The Bertz CT molecular complexity index is 1670. The van der Waals surface area contributed by atoms with E-state index in [4.69, 9.17) is 28.0 Å². The second-order valence-electron chi connectivity index (χ2n) is 9.73. The van der Waals surface area contributed by atoms with Gasteiger partial charge < -0.3 is 20.6 Å². The fraction of sp³-hybridized carbons (Fsp3) is 0.167. The van der Waals surface area contributed by atoms with Gasteiger partial charge >= 0.3 is 5.97 Å². The summed E-state index contributed by atoms with van der Waals surface area (Å²) in [5.41, 5.74) is 2.02. The Morgan fingerprint density at radius 3 is 2.41 bits per heavy atom. The van der Waals surface area contributed by atoms with Gasteiger partial charge in [-0.1, -0.05) is 64.8 Å². The van der Waals surface area contributed by atoms with Gasteiger partial charge in [-0.2, -0.15) is 0 Å². The van der Waals surface area contributed by atoms with Gasteiger partial charge in [0.05, 0.1) is 26.8 Å². The molecule has 0 saturated heterocycles. The van der Waals surface area contributed by atoms with E-state index in [9.17, 15) is 19.5 Å². The quantitative estimate of drug-likeness (QED) is 0.249. The highest BCUT2D eigenvalue weighted by Crippen LogP contribution is 2.30. The summed E-state index contributed by atoms with van der Waals surface area (Å²) in [5.74, 6) is -2.27. The molecule has 41 heavy (non-hydrogen) atoms. The normalized spacial score (nSPS) is 16.9. The maximum absolute atomic E-state index is 13.2. The first-order valence-electron chi connectivity index (χ1n) is 12.6. The average molecular weight is 591 g/mol. The number of nitrogens with one attached hydrogen (secondary N) is 2. The molecule has 0 unspecified atom stereocenters. The lowest BCUT2D eigenvalue weighted by Gasteiger charge is -2.23. The summed E-state index contributed by atoms with van der Waals surface area (Å²) in [6, 6.07) is 19.5. The van der Waals surface area contributed by atoms with Crippen LogP contribution in [-0.2, 0) is 20.8 Å². The number of pyridine rings is 1. The van der Waals surface area contributed by atoms with Crippen LogP contribution in [0.15, 0.2) is 84.1 Å². The van der Waals surface area contributed by atoms with Gasteiger partial charge in [-0.3, -0.25) is 14.6 Å². The molecule has 3 N–H and O–H groups in total. The van der Waals surface area contributed by atoms with Crippen LogP contribution in [0.25, 0.3) is 10.9 Å². The van der Waals surface area contributed by atoms with Crippen molar-refractivity contribution in [2.24, 2.45) is 5.16 Å². The summed E-state index contributed by atoms with van der Waals surface area (Å²) in [4.78, 5) is 47.8. The minimum atomic E-state index is -1.39. The van der Waals surface area contributed by atoms with Crippen LogP contribution < -0.4 is 10.6 Å². The van der Waals surface area contributed by atoms with Crippen molar-refractivity contribution in [2.45, 2.75) is 31.4 Å². The van der Waals surface area contributed by atoms with Gasteiger partial charge in [0.2, 0.25) is 5.60 Å². The zero-order valence-corrected chi connectivity index (χ0v) is 23.2. The van der Waals surface area contributed by atoms with Crippen LogP contribution in [0, 0.1) is 0 Å². The molecule has 11 heteroatoms. The van der Waals surface area contributed by atoms with E-state index in [0.29, 0.717) is 17.0 Å². The van der Waals surface area contributed by atoms with Crippen molar-refractivity contribution in [3.63, 3.8) is 0 Å². The van der Waals surface area contributed by atoms with E-state index in [1.54, 1.807) is 55.6 Å². The van der Waals surface area contributed by atoms with Crippen LogP contribution in [0.1, 0.15) is 34.8 Å². The number of carboxylic acids is 1. The number of amides is 2. The van der Waals surface area contributed by atoms with Gasteiger partial charge in [0.1, 0.15) is 6.04 Å². The number of nitrogens with zero attached hydrogens (tertiary/aromatic N) is 2. The molecule has 1 aromatic heterocycles. The smallest absolute Gasteiger partial charge is 0.326 e. The van der Waals surface area contributed by atoms with Gasteiger partial charge in [0.25, 0.3) is 11.8 Å². The van der Waals surface area contributed by atoms with Gasteiger partial charge in [-0.25, -0.2) is 4.79 Å². The Kier molecular flexibility index (Phi) is 7.92. The van der Waals surface area contributed by atoms with Crippen molar-refractivity contribution >= 4 is 63.3 Å². The third-order valence-electron chi connectivity index (χ3n) is 6.74. The molecular weight excluding hydrogens is 567 g/mol. The zero-order valence-electron chi connectivity index (χ0n) is 21.7. The van der Waals surface area contributed by atoms with Crippen molar-refractivity contribution in [1.29, 1.82) is 0 Å². The van der Waals surface area contributed by atoms with Crippen LogP contribution in [0.2, 0.25) is 10.0 Å². The number of aliphatic carboxylic acids is 1. The van der Waals surface area contributed by atoms with Gasteiger partial charge in [0.15, 0.2) is 0 Å². The number of hydrogen-bond donors (Lipinski definition) is 3. The molecule has 0 spiro atoms. The number of aromatic nitrogens is 1. The SMILES string of the molecule is C[C@]1(C(=O)N[C@@H](Cc2ccc(NC(=O)c3c(Cl)cccc3Cl)cc2)C(=O)O)CC(c2cccc3ncccc23)=NO1. The number of rotatable bonds is 8. The van der Waals surface area contributed by atoms with Crippen molar-refractivity contribution in [1.82, 2.24) is 10.3 Å². The Labute approximate surface area is 245 Å². The number of oxime groups is 1. The number of hydrogen-bond acceptors (Lipinski definition) is 6. The predicted octanol–water partition coefficient (Wildman–Crippen LogP) is 5.49. The minimum Gasteiger partial charge on any atom is -0.480 e. The van der Waals surface area contributed by atoms with E-state index in [-0.39, 0.29) is 28.5 Å². The molecular formula is C30H24Cl2N4O5. The molecule has 5 rings (SSSR count). The molecule has 3 aromatic carbocycles. The molecule has 0 aliphatic carbocycles. The Balaban J connectivity index is 1.23. The molecule has 0 saturated carbocycles. The Morgan fingerprint density at radius 2 is 1.71 bits per heavy atom. The maximum Gasteiger partial charge on any atom is 0.326 e. The van der Waals surface area contributed by atoms with Crippen molar-refractivity contribution in [3.05, 3.63) is 106 Å². The fourth-order valence-corrected chi connectivity index (χ4v) is 5.11. The molecule has 9 nitrogen and oxygen atoms in total. The lowest BCUT2D eigenvalue weighted by Crippen LogP contribution is -2.51. The summed E-state index contributed by atoms with van der Waals surface area (Å²) in [5, 5.41) is 20.6. The molecule has 208 valence electrons. The number of anilines is 1. The number of carbonyl (C=O) groups is 3. The van der Waals surface area contributed by atoms with Crippen molar-refractivity contribution < 1.29 is 24.3 Å². The Morgan fingerprint density at radius 1 is 1.00 bits per heavy atom. The highest BCUT2D eigenvalue weighted by Gasteiger charge is 2.44. The molecule has 2 amide bonds. The number of fused-ring (bicyclic) bond motifs is 1. The van der Waals surface area contributed by atoms with Crippen LogP contribution in [-0.4, -0.2) is 45.2 Å². The number of benzene rings is 3. The lowest BCUT2D eigenvalue weighted by molar-refractivity contribution is -0.148. The molecule has 0 bridgehead atoms. The summed E-state index contributed by atoms with van der Waals surface area (Å²) < 4.78 is 0. The third kappa shape index (κ3) is 6.01. The molecule has 2 atom stereocenters. The van der Waals surface area contributed by atoms with Gasteiger partial charge in [-0.05, 0) is 48.9 Å². The van der Waals surface area contributed by atoms with E-state index in [1.807, 2.05) is 30.3 Å². The highest BCUT2D eigenvalue weighted by atomic mass is 35.5. The van der Waals surface area contributed by atoms with E-state index in [1.165, 1.54) is 0 Å². The molecule has 1 aliphatic rings. The topological polar surface area (TPSA) is 130 Å². The Hall–Kier alpha value is -4.47. The summed E-state index contributed by atoms with van der Waals surface area (Å²) in [7, 11) is 0. The van der Waals surface area contributed by atoms with Crippen LogP contribution in [0.5, 0.6) is 0 Å². The van der Waals surface area contributed by atoms with E-state index in [0.717, 1.165) is 16.5 Å². The van der Waals surface area contributed by atoms with Crippen LogP contribution >= 0.6 is 23.2 Å². The molecule has 2 heterocycles. The lowest BCUT2D eigenvalue weighted by atomic mass is 9.92. The van der Waals surface area contributed by atoms with Gasteiger partial charge in [0, 0.05) is 35.7 Å². The first-order chi connectivity index (χ1) is 19.6. The monoisotopic (exact) mass is 590 g/mol. The van der Waals surface area contributed by atoms with E-state index >= 15 is 0 Å². The maximum atomic E-state index is 13.2. The molecule has 0 fully saturated rings. The third-order valence-corrected chi connectivity index (χ3v) is 7.37. The first kappa shape index (κ1) is 28.1. The highest BCUT2D eigenvalue weighted by molar-refractivity contribution is 6.40. The number of carboxylic acid groups (broad SMARTS) is 1. The fourth-order valence-electron chi connectivity index (χ4n) is 4.54. The second-order valence-corrected chi connectivity index (χ2v) is 10.5. The van der Waals surface area contributed by atoms with Crippen LogP contribution in [0.3, 0.4) is 0 Å². The van der Waals surface area contributed by atoms with E-state index in [2.05, 4.69) is 20.8 Å². The molecule has 1 aliphatic heterocycles. The summed E-state index contributed by atoms with van der Waals surface area (Å²) >= 11 is 12.2. The summed E-state index contributed by atoms with van der Waals surface area (Å²) in [6.45, 7) is 1.57. The summed E-state index contributed by atoms with van der Waals surface area (Å²) in [6.07, 6.45) is 1.86. The standard InChI is InChI=1S/C30H24Cl2N4O5/c1-30(16-25(36-41-30)20-5-2-9-23-19(20)6-4-14-33-23)29(40)35-24(28(38)39)15-17-10-12-18(13-11-17)34-27(37)26-21(31)7-3-8-22(26)32/h2-14,24H,15-16H2,1H3,(H,34,37)(H,35,40)(H,38,39)/t24-,30+/m0/s1. The number of carbonyl (C=O) groups excluding carboxylic acids is 2. The molecule has 4 aromatic rings. The van der Waals surface area contributed by atoms with Gasteiger partial charge in [-0.15, -0.1) is 0 Å². The van der Waals surface area contributed by atoms with Crippen LogP contribution in [0.4, 0.5) is 5.69 Å². The predicted molar refractivity (Wildman–Crippen MR) is 157 cm³/mol. The number of halogens is 2. The second kappa shape index (κ2) is 11.6. The van der Waals surface area contributed by atoms with Crippen molar-refractivity contribution in [3.8, 4) is 0 Å². The van der Waals surface area contributed by atoms with E-state index < -0.39 is 29.4 Å². The van der Waals surface area contributed by atoms with Crippen molar-refractivity contribution in [2.75, 3.05) is 5.32 Å². The first-order valence-corrected chi connectivity index (χ1v) is 13.4. The zero-order chi connectivity index (χ0) is 29.1. The molecule has 0 radical (unpaired) electrons. The minimum absolute atomic E-state index is 0.00439. The largest absolute Gasteiger partial charge is 0.480 e. The average Bonchev–Trinajstić information content (AvgIpc) is 3.36.